The molecule has 0 atom stereocenters. The number of esters is 1. The molecule has 2 aromatic rings. The number of halogens is 1. The quantitative estimate of drug-likeness (QED) is 0.615. The Morgan fingerprint density at radius 2 is 1.77 bits per heavy atom. The van der Waals surface area contributed by atoms with E-state index in [0.29, 0.717) is 15.9 Å². The Morgan fingerprint density at radius 3 is 2.27 bits per heavy atom. The lowest BCUT2D eigenvalue weighted by molar-refractivity contribution is -0.138. The maximum atomic E-state index is 13.1. The molecule has 0 unspecified atom stereocenters. The number of carbonyl (C=O) groups excluding carboxylic acids is 1. The number of ether oxygens (including phenoxy) is 2. The zero-order chi connectivity index (χ0) is 19.3. The molecule has 0 aromatic heterocycles. The van der Waals surface area contributed by atoms with E-state index in [-0.39, 0.29) is 4.90 Å². The number of rotatable bonds is 7. The van der Waals surface area contributed by atoms with E-state index < -0.39 is 22.5 Å². The van der Waals surface area contributed by atoms with Crippen molar-refractivity contribution in [1.29, 1.82) is 0 Å². The average molecular weight is 442 g/mol. The molecule has 0 bridgehead atoms. The summed E-state index contributed by atoms with van der Waals surface area (Å²) in [5.74, 6) is -0.142. The summed E-state index contributed by atoms with van der Waals surface area (Å²) in [6, 6.07) is 11.4. The maximum Gasteiger partial charge on any atom is 0.326 e. The number of anilines is 1. The van der Waals surface area contributed by atoms with Crippen molar-refractivity contribution in [2.24, 2.45) is 0 Å². The van der Waals surface area contributed by atoms with E-state index in [9.17, 15) is 13.2 Å². The van der Waals surface area contributed by atoms with Crippen LogP contribution in [0.5, 0.6) is 5.75 Å². The highest BCUT2D eigenvalue weighted by Gasteiger charge is 2.28. The van der Waals surface area contributed by atoms with Gasteiger partial charge in [0.25, 0.3) is 10.0 Å². The number of sulfonamides is 1. The Bertz CT molecular complexity index is 881. The Balaban J connectivity index is 2.51. The smallest absolute Gasteiger partial charge is 0.326 e. The van der Waals surface area contributed by atoms with Crippen LogP contribution in [0.4, 0.5) is 5.69 Å². The number of methoxy groups -OCH3 is 2. The van der Waals surface area contributed by atoms with Gasteiger partial charge in [0.1, 0.15) is 12.3 Å². The SMILES string of the molecule is CCc1ccc(N(CC(=O)OC)S(=O)(=O)c2ccc(OC)c(Br)c2)cc1. The number of nitrogens with zero attached hydrogens (tertiary/aromatic N) is 1. The molecule has 0 radical (unpaired) electrons. The zero-order valence-electron chi connectivity index (χ0n) is 14.7. The van der Waals surface area contributed by atoms with Crippen LogP contribution in [0.2, 0.25) is 0 Å². The van der Waals surface area contributed by atoms with Gasteiger partial charge in [-0.2, -0.15) is 0 Å². The summed E-state index contributed by atoms with van der Waals surface area (Å²) >= 11 is 3.29. The largest absolute Gasteiger partial charge is 0.496 e. The summed E-state index contributed by atoms with van der Waals surface area (Å²) < 4.78 is 37.6. The van der Waals surface area contributed by atoms with Crippen LogP contribution in [0.3, 0.4) is 0 Å². The molecule has 0 saturated carbocycles. The maximum absolute atomic E-state index is 13.1. The predicted molar refractivity (Wildman–Crippen MR) is 103 cm³/mol. The first-order valence-corrected chi connectivity index (χ1v) is 10.1. The Hall–Kier alpha value is -2.06. The topological polar surface area (TPSA) is 72.9 Å². The van der Waals surface area contributed by atoms with Gasteiger partial charge in [0.2, 0.25) is 0 Å². The minimum atomic E-state index is -3.98. The van der Waals surface area contributed by atoms with Crippen molar-refractivity contribution in [2.45, 2.75) is 18.2 Å². The first-order chi connectivity index (χ1) is 12.3. The predicted octanol–water partition coefficient (Wildman–Crippen LogP) is 3.39. The van der Waals surface area contributed by atoms with E-state index >= 15 is 0 Å². The van der Waals surface area contributed by atoms with Crippen LogP contribution in [0.25, 0.3) is 0 Å². The van der Waals surface area contributed by atoms with Gasteiger partial charge >= 0.3 is 5.97 Å². The summed E-state index contributed by atoms with van der Waals surface area (Å²) in [6.45, 7) is 1.58. The molecule has 0 heterocycles. The fourth-order valence-corrected chi connectivity index (χ4v) is 4.46. The van der Waals surface area contributed by atoms with E-state index in [1.54, 1.807) is 18.2 Å². The van der Waals surface area contributed by atoms with Gasteiger partial charge in [-0.15, -0.1) is 0 Å². The molecule has 0 spiro atoms. The molecule has 0 amide bonds. The molecule has 2 rings (SSSR count). The van der Waals surface area contributed by atoms with Crippen LogP contribution in [-0.2, 0) is 26.0 Å². The minimum absolute atomic E-state index is 0.0358. The Morgan fingerprint density at radius 1 is 1.12 bits per heavy atom. The molecule has 0 N–H and O–H groups in total. The van der Waals surface area contributed by atoms with Gasteiger partial charge in [-0.05, 0) is 58.2 Å². The second-order valence-corrected chi connectivity index (χ2v) is 8.12. The zero-order valence-corrected chi connectivity index (χ0v) is 17.1. The van der Waals surface area contributed by atoms with E-state index in [4.69, 9.17) is 4.74 Å². The number of benzene rings is 2. The van der Waals surface area contributed by atoms with Gasteiger partial charge in [0, 0.05) is 0 Å². The molecule has 6 nitrogen and oxygen atoms in total. The standard InChI is InChI=1S/C18H20BrNO5S/c1-4-13-5-7-14(8-6-13)20(12-18(21)25-3)26(22,23)15-9-10-17(24-2)16(19)11-15/h5-11H,4,12H2,1-3H3. The van der Waals surface area contributed by atoms with E-state index in [0.717, 1.165) is 16.3 Å². The third-order valence-corrected chi connectivity index (χ3v) is 6.23. The van der Waals surface area contributed by atoms with E-state index in [1.165, 1.54) is 26.4 Å². The molecule has 0 aliphatic rings. The molecule has 26 heavy (non-hydrogen) atoms. The molecular weight excluding hydrogens is 422 g/mol. The molecule has 140 valence electrons. The molecule has 0 saturated heterocycles. The monoisotopic (exact) mass is 441 g/mol. The number of hydrogen-bond acceptors (Lipinski definition) is 5. The van der Waals surface area contributed by atoms with E-state index in [1.807, 2.05) is 19.1 Å². The lowest BCUT2D eigenvalue weighted by atomic mass is 10.1. The van der Waals surface area contributed by atoms with Crippen molar-refractivity contribution in [3.05, 3.63) is 52.5 Å². The summed E-state index contributed by atoms with van der Waals surface area (Å²) in [6.07, 6.45) is 0.829. The normalized spacial score (nSPS) is 11.1. The molecule has 0 aliphatic heterocycles. The molecule has 2 aromatic carbocycles. The highest BCUT2D eigenvalue weighted by atomic mass is 79.9. The highest BCUT2D eigenvalue weighted by Crippen LogP contribution is 2.30. The van der Waals surface area contributed by atoms with Crippen molar-refractivity contribution in [3.8, 4) is 5.75 Å². The second kappa shape index (κ2) is 8.55. The van der Waals surface area contributed by atoms with Crippen LogP contribution in [-0.4, -0.2) is 35.2 Å². The van der Waals surface area contributed by atoms with Gasteiger partial charge in [-0.25, -0.2) is 8.42 Å². The third kappa shape index (κ3) is 4.37. The average Bonchev–Trinajstić information content (AvgIpc) is 2.65. The van der Waals surface area contributed by atoms with Crippen molar-refractivity contribution in [3.63, 3.8) is 0 Å². The number of hydrogen-bond donors (Lipinski definition) is 0. The van der Waals surface area contributed by atoms with Crippen molar-refractivity contribution in [2.75, 3.05) is 25.1 Å². The van der Waals surface area contributed by atoms with Crippen LogP contribution in [0, 0.1) is 0 Å². The van der Waals surface area contributed by atoms with Gasteiger partial charge in [0.15, 0.2) is 0 Å². The summed E-state index contributed by atoms with van der Waals surface area (Å²) in [5, 5.41) is 0. The molecular formula is C18H20BrNO5S. The number of carbonyl (C=O) groups is 1. The highest BCUT2D eigenvalue weighted by molar-refractivity contribution is 9.10. The van der Waals surface area contributed by atoms with Crippen LogP contribution in [0.15, 0.2) is 51.8 Å². The van der Waals surface area contributed by atoms with Gasteiger partial charge in [-0.1, -0.05) is 19.1 Å². The fraction of sp³-hybridized carbons (Fsp3) is 0.278. The fourth-order valence-electron chi connectivity index (χ4n) is 2.33. The van der Waals surface area contributed by atoms with Crippen LogP contribution in [0.1, 0.15) is 12.5 Å². The molecule has 8 heteroatoms. The van der Waals surface area contributed by atoms with Crippen LogP contribution < -0.4 is 9.04 Å². The van der Waals surface area contributed by atoms with Crippen molar-refractivity contribution in [1.82, 2.24) is 0 Å². The second-order valence-electron chi connectivity index (χ2n) is 5.40. The minimum Gasteiger partial charge on any atom is -0.496 e. The Labute approximate surface area is 161 Å². The van der Waals surface area contributed by atoms with Gasteiger partial charge in [-0.3, -0.25) is 9.10 Å². The molecule has 0 fully saturated rings. The molecule has 0 aliphatic carbocycles. The van der Waals surface area contributed by atoms with Crippen molar-refractivity contribution < 1.29 is 22.7 Å². The van der Waals surface area contributed by atoms with Crippen LogP contribution >= 0.6 is 15.9 Å². The summed E-state index contributed by atoms with van der Waals surface area (Å²) in [5.41, 5.74) is 1.45. The first-order valence-electron chi connectivity index (χ1n) is 7.85. The van der Waals surface area contributed by atoms with Crippen molar-refractivity contribution >= 4 is 37.6 Å². The first kappa shape index (κ1) is 20.3. The van der Waals surface area contributed by atoms with E-state index in [2.05, 4.69) is 20.7 Å². The lowest BCUT2D eigenvalue weighted by Gasteiger charge is -2.24. The van der Waals surface area contributed by atoms with Gasteiger partial charge < -0.3 is 9.47 Å². The Kier molecular flexibility index (Phi) is 6.66. The third-order valence-electron chi connectivity index (χ3n) is 3.84. The summed E-state index contributed by atoms with van der Waals surface area (Å²) in [4.78, 5) is 11.8. The lowest BCUT2D eigenvalue weighted by Crippen LogP contribution is -2.36. The number of aryl methyl sites for hydroxylation is 1. The summed E-state index contributed by atoms with van der Waals surface area (Å²) in [7, 11) is -1.27. The van der Waals surface area contributed by atoms with Gasteiger partial charge in [0.05, 0.1) is 29.3 Å².